The van der Waals surface area contributed by atoms with E-state index in [2.05, 4.69) is 0 Å². The summed E-state index contributed by atoms with van der Waals surface area (Å²) in [6.45, 7) is 3.77. The van der Waals surface area contributed by atoms with Crippen molar-refractivity contribution < 1.29 is 46.9 Å². The molecule has 1 spiro atoms. The van der Waals surface area contributed by atoms with Crippen molar-refractivity contribution in [3.63, 3.8) is 0 Å². The second-order valence-electron chi connectivity index (χ2n) is 3.47. The Labute approximate surface area is 106 Å². The Balaban J connectivity index is 0.000000845. The van der Waals surface area contributed by atoms with Gasteiger partial charge in [-0.25, -0.2) is 9.63 Å². The molecular weight excluding hydrogens is 263 g/mol. The van der Waals surface area contributed by atoms with Crippen LogP contribution in [0.25, 0.3) is 0 Å². The van der Waals surface area contributed by atoms with Gasteiger partial charge in [0.25, 0.3) is 0 Å². The van der Waals surface area contributed by atoms with E-state index in [1.165, 1.54) is 0 Å². The van der Waals surface area contributed by atoms with Gasteiger partial charge in [-0.2, -0.15) is 7.85 Å². The molecule has 0 aromatic carbocycles. The number of ether oxygens (including phenoxy) is 1. The molecule has 2 unspecified atom stereocenters. The van der Waals surface area contributed by atoms with Crippen LogP contribution in [-0.4, -0.2) is 30.9 Å². The van der Waals surface area contributed by atoms with Crippen LogP contribution < -0.4 is 0 Å². The first-order chi connectivity index (χ1) is 5.52. The fourth-order valence-electron chi connectivity index (χ4n) is 1.87. The summed E-state index contributed by atoms with van der Waals surface area (Å²) in [7, 11) is 3.41. The molecule has 0 aromatic heterocycles. The van der Waals surface area contributed by atoms with Crippen molar-refractivity contribution in [1.82, 2.24) is 0 Å². The Morgan fingerprint density at radius 1 is 1.77 bits per heavy atom. The quantitative estimate of drug-likeness (QED) is 0.336. The summed E-state index contributed by atoms with van der Waals surface area (Å²) in [5.41, 5.74) is 0. The molecule has 2 aliphatic heterocycles. The Kier molecular flexibility index (Phi) is 3.57. The van der Waals surface area contributed by atoms with Gasteiger partial charge >= 0.3 is 13.1 Å². The SMILES string of the molecule is [B-][C+]1C[C@]2(O[P+]2(C)O)C(CC)O1.[Y]. The molecule has 0 bridgehead atoms. The minimum atomic E-state index is -2.15. The summed E-state index contributed by atoms with van der Waals surface area (Å²) in [5, 5.41) is -0.439. The van der Waals surface area contributed by atoms with Gasteiger partial charge < -0.3 is 0 Å². The molecule has 2 aliphatic rings. The van der Waals surface area contributed by atoms with E-state index in [1.807, 2.05) is 6.92 Å². The van der Waals surface area contributed by atoms with Gasteiger partial charge in [0.15, 0.2) is 6.10 Å². The molecule has 0 aliphatic carbocycles. The van der Waals surface area contributed by atoms with Crippen LogP contribution in [0.2, 0.25) is 0 Å². The minimum absolute atomic E-state index is 0. The normalized spacial score (nSPS) is 48.0. The topological polar surface area (TPSA) is 42.0 Å². The predicted octanol–water partition coefficient (Wildman–Crippen LogP) is 1.04. The van der Waals surface area contributed by atoms with Crippen molar-refractivity contribution in [3.8, 4) is 0 Å². The monoisotopic (exact) mass is 275 g/mol. The summed E-state index contributed by atoms with van der Waals surface area (Å²) in [4.78, 5) is 9.74. The molecule has 3 atom stereocenters. The van der Waals surface area contributed by atoms with E-state index in [9.17, 15) is 4.89 Å². The summed E-state index contributed by atoms with van der Waals surface area (Å²) in [5.74, 6) is 0. The third-order valence-corrected chi connectivity index (χ3v) is 5.06. The molecule has 6 heteroatoms. The van der Waals surface area contributed by atoms with Crippen molar-refractivity contribution in [2.75, 3.05) is 6.66 Å². The van der Waals surface area contributed by atoms with E-state index in [1.54, 1.807) is 6.66 Å². The first kappa shape index (κ1) is 12.4. The third kappa shape index (κ3) is 1.75. The van der Waals surface area contributed by atoms with Crippen LogP contribution >= 0.6 is 7.72 Å². The first-order valence-electron chi connectivity index (χ1n) is 4.10. The Bertz CT molecular complexity index is 216. The standard InChI is InChI=1S/C7H12BO3P.Y/c1-3-5-7(4-6(8)10-5)11-12(7,2)9;/h5,9H,3-4H2,1-2H3;/q+1;/t5?,7-,12?;/m1./s1. The Hall–Kier alpha value is 1.35. The minimum Gasteiger partial charge on any atom is -0.249 e. The average molecular weight is 275 g/mol. The van der Waals surface area contributed by atoms with E-state index in [0.717, 1.165) is 6.42 Å². The summed E-state index contributed by atoms with van der Waals surface area (Å²) in [6.07, 6.45) is 1.35. The Morgan fingerprint density at radius 2 is 2.31 bits per heavy atom. The van der Waals surface area contributed by atoms with Gasteiger partial charge in [0.05, 0.1) is 0 Å². The Morgan fingerprint density at radius 3 is 2.62 bits per heavy atom. The summed E-state index contributed by atoms with van der Waals surface area (Å²) in [6, 6.07) is 0.500. The number of rotatable bonds is 1. The van der Waals surface area contributed by atoms with Crippen molar-refractivity contribution in [2.24, 2.45) is 0 Å². The van der Waals surface area contributed by atoms with Gasteiger partial charge in [0.1, 0.15) is 13.1 Å². The van der Waals surface area contributed by atoms with E-state index in [4.69, 9.17) is 17.1 Å². The molecule has 3 nitrogen and oxygen atoms in total. The molecule has 13 heavy (non-hydrogen) atoms. The maximum Gasteiger partial charge on any atom is 0.338 e. The molecular formula is C7H12BO3PY+. The fraction of sp³-hybridized carbons (Fsp3) is 0.857. The zero-order valence-corrected chi connectivity index (χ0v) is 11.6. The molecule has 68 valence electrons. The number of hydrogen-bond donors (Lipinski definition) is 1. The third-order valence-electron chi connectivity index (χ3n) is 2.60. The molecule has 2 saturated heterocycles. The predicted molar refractivity (Wildman–Crippen MR) is 47.7 cm³/mol. The van der Waals surface area contributed by atoms with Crippen LogP contribution in [0, 0.1) is 6.00 Å². The van der Waals surface area contributed by atoms with Crippen molar-refractivity contribution in [3.05, 3.63) is 6.00 Å². The largest absolute Gasteiger partial charge is 0.338 e. The molecule has 0 aromatic rings. The fourth-order valence-corrected chi connectivity index (χ4v) is 4.20. The molecule has 2 rings (SSSR count). The maximum atomic E-state index is 9.74. The maximum absolute atomic E-state index is 9.74. The van der Waals surface area contributed by atoms with E-state index in [0.29, 0.717) is 12.4 Å². The molecule has 4 radical (unpaired) electrons. The molecule has 0 saturated carbocycles. The summed E-state index contributed by atoms with van der Waals surface area (Å²) >= 11 is 0. The van der Waals surface area contributed by atoms with Gasteiger partial charge in [-0.1, -0.05) is 12.9 Å². The first-order valence-corrected chi connectivity index (χ1v) is 6.20. The van der Waals surface area contributed by atoms with Gasteiger partial charge in [-0.05, 0) is 6.42 Å². The van der Waals surface area contributed by atoms with Crippen molar-refractivity contribution >= 4 is 15.6 Å². The van der Waals surface area contributed by atoms with Crippen LogP contribution in [0.4, 0.5) is 0 Å². The molecule has 0 amide bonds. The molecule has 2 heterocycles. The zero-order valence-electron chi connectivity index (χ0n) is 7.86. The molecule has 1 N–H and O–H groups in total. The van der Waals surface area contributed by atoms with Gasteiger partial charge in [0.2, 0.25) is 0 Å². The number of hydrogen-bond acceptors (Lipinski definition) is 3. The van der Waals surface area contributed by atoms with Crippen LogP contribution in [0.3, 0.4) is 0 Å². The molecule has 2 fully saturated rings. The smallest absolute Gasteiger partial charge is 0.249 e. The second-order valence-corrected chi connectivity index (χ2v) is 6.17. The average Bonchev–Trinajstić information content (AvgIpc) is 2.37. The van der Waals surface area contributed by atoms with Crippen LogP contribution in [0.1, 0.15) is 19.8 Å². The van der Waals surface area contributed by atoms with Gasteiger partial charge in [-0.3, -0.25) is 0 Å². The van der Waals surface area contributed by atoms with Crippen LogP contribution in [-0.2, 0) is 42.0 Å². The van der Waals surface area contributed by atoms with E-state index >= 15 is 0 Å². The van der Waals surface area contributed by atoms with Gasteiger partial charge in [-0.15, -0.1) is 4.52 Å². The zero-order chi connectivity index (χ0) is 8.98. The van der Waals surface area contributed by atoms with Crippen molar-refractivity contribution in [1.29, 1.82) is 0 Å². The van der Waals surface area contributed by atoms with Crippen molar-refractivity contribution in [2.45, 2.75) is 31.2 Å². The van der Waals surface area contributed by atoms with Crippen LogP contribution in [0.15, 0.2) is 0 Å². The van der Waals surface area contributed by atoms with Crippen LogP contribution in [0.5, 0.6) is 0 Å². The second kappa shape index (κ2) is 3.73. The van der Waals surface area contributed by atoms with E-state index < -0.39 is 13.1 Å². The summed E-state index contributed by atoms with van der Waals surface area (Å²) < 4.78 is 10.7. The van der Waals surface area contributed by atoms with E-state index in [-0.39, 0.29) is 38.8 Å². The van der Waals surface area contributed by atoms with Gasteiger partial charge in [0, 0.05) is 32.7 Å².